The fraction of sp³-hybridized carbons (Fsp3) is 0.400. The molecule has 0 aliphatic heterocycles. The molecule has 33 heavy (non-hydrogen) atoms. The molecule has 2 aromatic carbocycles. The first-order valence-electron chi connectivity index (χ1n) is 11.2. The average Bonchev–Trinajstić information content (AvgIpc) is 3.24. The zero-order chi connectivity index (χ0) is 23.8. The van der Waals surface area contributed by atoms with Crippen molar-refractivity contribution in [3.05, 3.63) is 58.4 Å². The second-order valence-corrected chi connectivity index (χ2v) is 9.38. The maximum absolute atomic E-state index is 13.8. The number of anilines is 3. The normalized spacial score (nSPS) is 11.6. The Balaban J connectivity index is 1.69. The number of halogens is 4. The molecule has 0 spiro atoms. The van der Waals surface area contributed by atoms with E-state index in [9.17, 15) is 13.2 Å². The summed E-state index contributed by atoms with van der Waals surface area (Å²) in [6, 6.07) is 11.6. The van der Waals surface area contributed by atoms with Crippen LogP contribution in [0.2, 0.25) is 5.02 Å². The van der Waals surface area contributed by atoms with E-state index in [0.29, 0.717) is 22.4 Å². The summed E-state index contributed by atoms with van der Waals surface area (Å²) in [5, 5.41) is 6.04. The van der Waals surface area contributed by atoms with Crippen LogP contribution < -0.4 is 10.2 Å². The molecule has 0 atom stereocenters. The van der Waals surface area contributed by atoms with Gasteiger partial charge >= 0.3 is 6.18 Å². The third-order valence-corrected chi connectivity index (χ3v) is 6.47. The third-order valence-electron chi connectivity index (χ3n) is 5.46. The Morgan fingerprint density at radius 2 is 1.70 bits per heavy atom. The molecule has 3 rings (SSSR count). The van der Waals surface area contributed by atoms with Crippen LogP contribution in [0, 0.1) is 0 Å². The van der Waals surface area contributed by atoms with Crippen LogP contribution in [0.25, 0.3) is 11.3 Å². The molecule has 0 aliphatic rings. The summed E-state index contributed by atoms with van der Waals surface area (Å²) in [5.41, 5.74) is 1.55. The molecule has 3 nitrogen and oxygen atoms in total. The van der Waals surface area contributed by atoms with Crippen LogP contribution in [-0.2, 0) is 6.18 Å². The van der Waals surface area contributed by atoms with E-state index in [4.69, 9.17) is 11.6 Å². The number of benzene rings is 2. The second kappa shape index (κ2) is 11.7. The first-order valence-corrected chi connectivity index (χ1v) is 12.4. The maximum atomic E-state index is 13.8. The van der Waals surface area contributed by atoms with E-state index >= 15 is 0 Å². The number of nitrogens with one attached hydrogen (secondary N) is 1. The van der Waals surface area contributed by atoms with Crippen molar-refractivity contribution in [2.24, 2.45) is 0 Å². The van der Waals surface area contributed by atoms with Crippen LogP contribution in [0.15, 0.2) is 47.8 Å². The molecule has 0 radical (unpaired) electrons. The number of hydrogen-bond donors (Lipinski definition) is 1. The van der Waals surface area contributed by atoms with Gasteiger partial charge in [0.05, 0.1) is 11.3 Å². The highest BCUT2D eigenvalue weighted by Crippen LogP contribution is 2.39. The zero-order valence-corrected chi connectivity index (χ0v) is 20.5. The summed E-state index contributed by atoms with van der Waals surface area (Å²) < 4.78 is 41.5. The molecule has 0 aliphatic carbocycles. The van der Waals surface area contributed by atoms with Crippen molar-refractivity contribution in [3.8, 4) is 11.3 Å². The minimum Gasteiger partial charge on any atom is -0.374 e. The first kappa shape index (κ1) is 25.4. The molecule has 0 bridgehead atoms. The highest BCUT2D eigenvalue weighted by Gasteiger charge is 2.34. The molecule has 1 N–H and O–H groups in total. The minimum absolute atomic E-state index is 0.197. The summed E-state index contributed by atoms with van der Waals surface area (Å²) in [4.78, 5) is 6.20. The van der Waals surface area contributed by atoms with Gasteiger partial charge in [-0.2, -0.15) is 13.2 Å². The maximum Gasteiger partial charge on any atom is 0.418 e. The van der Waals surface area contributed by atoms with Gasteiger partial charge in [0.25, 0.3) is 0 Å². The number of hydrogen-bond acceptors (Lipinski definition) is 4. The van der Waals surface area contributed by atoms with E-state index in [1.165, 1.54) is 36.7 Å². The van der Waals surface area contributed by atoms with Crippen molar-refractivity contribution in [2.45, 2.75) is 51.6 Å². The van der Waals surface area contributed by atoms with Gasteiger partial charge in [-0.3, -0.25) is 0 Å². The summed E-state index contributed by atoms with van der Waals surface area (Å²) in [5.74, 6) is 0. The Hall–Kier alpha value is -2.25. The predicted octanol–water partition coefficient (Wildman–Crippen LogP) is 9.02. The fourth-order valence-corrected chi connectivity index (χ4v) is 4.50. The van der Waals surface area contributed by atoms with Crippen molar-refractivity contribution in [1.82, 2.24) is 4.98 Å². The highest BCUT2D eigenvalue weighted by atomic mass is 35.5. The number of nitrogens with zero attached hydrogens (tertiary/aromatic N) is 2. The van der Waals surface area contributed by atoms with Crippen LogP contribution in [0.5, 0.6) is 0 Å². The number of unbranched alkanes of at least 4 members (excludes halogenated alkanes) is 5. The molecule has 0 amide bonds. The minimum atomic E-state index is -4.44. The standard InChI is InChI=1S/C25H29ClF3N3S/c1-3-4-5-6-7-8-15-32(2)23-14-13-20(16-21(23)25(27,28)29)30-24-31-22(17-33-24)18-9-11-19(26)12-10-18/h9-14,16-17H,3-8,15H2,1-2H3,(H,30,31). The number of aromatic nitrogens is 1. The fourth-order valence-electron chi connectivity index (χ4n) is 3.63. The lowest BCUT2D eigenvalue weighted by molar-refractivity contribution is -0.137. The summed E-state index contributed by atoms with van der Waals surface area (Å²) >= 11 is 7.27. The van der Waals surface area contributed by atoms with Gasteiger partial charge in [-0.25, -0.2) is 4.98 Å². The van der Waals surface area contributed by atoms with E-state index in [1.807, 2.05) is 17.5 Å². The molecule has 1 heterocycles. The molecule has 1 aromatic heterocycles. The Labute approximate surface area is 202 Å². The summed E-state index contributed by atoms with van der Waals surface area (Å²) in [6.45, 7) is 2.76. The molecular weight excluding hydrogens is 467 g/mol. The van der Waals surface area contributed by atoms with Crippen molar-refractivity contribution >= 4 is 39.4 Å². The highest BCUT2D eigenvalue weighted by molar-refractivity contribution is 7.14. The number of thiazole rings is 1. The van der Waals surface area contributed by atoms with Crippen LogP contribution in [-0.4, -0.2) is 18.6 Å². The smallest absolute Gasteiger partial charge is 0.374 e. The van der Waals surface area contributed by atoms with Gasteiger partial charge in [0.15, 0.2) is 5.13 Å². The van der Waals surface area contributed by atoms with Crippen molar-refractivity contribution in [1.29, 1.82) is 0 Å². The van der Waals surface area contributed by atoms with Gasteiger partial charge in [0.1, 0.15) is 0 Å². The van der Waals surface area contributed by atoms with E-state index in [1.54, 1.807) is 30.1 Å². The van der Waals surface area contributed by atoms with Crippen LogP contribution in [0.1, 0.15) is 51.0 Å². The molecule has 0 unspecified atom stereocenters. The zero-order valence-electron chi connectivity index (χ0n) is 18.9. The second-order valence-electron chi connectivity index (χ2n) is 8.09. The van der Waals surface area contributed by atoms with Gasteiger partial charge in [-0.15, -0.1) is 11.3 Å². The first-order chi connectivity index (χ1) is 15.8. The molecule has 0 fully saturated rings. The van der Waals surface area contributed by atoms with Gasteiger partial charge < -0.3 is 10.2 Å². The van der Waals surface area contributed by atoms with Crippen LogP contribution in [0.3, 0.4) is 0 Å². The summed E-state index contributed by atoms with van der Waals surface area (Å²) in [6.07, 6.45) is 2.17. The predicted molar refractivity (Wildman–Crippen MR) is 134 cm³/mol. The van der Waals surface area contributed by atoms with E-state index in [0.717, 1.165) is 36.6 Å². The Kier molecular flexibility index (Phi) is 9.03. The van der Waals surface area contributed by atoms with Gasteiger partial charge in [0, 0.05) is 40.9 Å². The SMILES string of the molecule is CCCCCCCCN(C)c1ccc(Nc2nc(-c3ccc(Cl)cc3)cs2)cc1C(F)(F)F. The van der Waals surface area contributed by atoms with E-state index in [2.05, 4.69) is 17.2 Å². The molecule has 178 valence electrons. The number of rotatable bonds is 11. The molecule has 0 saturated carbocycles. The van der Waals surface area contributed by atoms with Crippen LogP contribution in [0.4, 0.5) is 29.7 Å². The van der Waals surface area contributed by atoms with Crippen molar-refractivity contribution < 1.29 is 13.2 Å². The molecule has 0 saturated heterocycles. The lowest BCUT2D eigenvalue weighted by atomic mass is 10.1. The lowest BCUT2D eigenvalue weighted by Crippen LogP contribution is -2.22. The van der Waals surface area contributed by atoms with E-state index < -0.39 is 11.7 Å². The molecule has 8 heteroatoms. The topological polar surface area (TPSA) is 28.2 Å². The summed E-state index contributed by atoms with van der Waals surface area (Å²) in [7, 11) is 1.73. The van der Waals surface area contributed by atoms with Gasteiger partial charge in [0.2, 0.25) is 0 Å². The monoisotopic (exact) mass is 495 g/mol. The van der Waals surface area contributed by atoms with Crippen molar-refractivity contribution in [2.75, 3.05) is 23.8 Å². The number of alkyl halides is 3. The Bertz CT molecular complexity index is 1020. The lowest BCUT2D eigenvalue weighted by Gasteiger charge is -2.24. The quantitative estimate of drug-likeness (QED) is 0.269. The Morgan fingerprint density at radius 3 is 2.39 bits per heavy atom. The average molecular weight is 496 g/mol. The Morgan fingerprint density at radius 1 is 1.00 bits per heavy atom. The third kappa shape index (κ3) is 7.37. The van der Waals surface area contributed by atoms with Gasteiger partial charge in [-0.1, -0.05) is 62.8 Å². The largest absolute Gasteiger partial charge is 0.418 e. The molecule has 3 aromatic rings. The van der Waals surface area contributed by atoms with E-state index in [-0.39, 0.29) is 5.69 Å². The van der Waals surface area contributed by atoms with Gasteiger partial charge in [-0.05, 0) is 36.8 Å². The van der Waals surface area contributed by atoms with Crippen molar-refractivity contribution in [3.63, 3.8) is 0 Å². The molecular formula is C25H29ClF3N3S. The van der Waals surface area contributed by atoms with Crippen LogP contribution >= 0.6 is 22.9 Å².